The van der Waals surface area contributed by atoms with E-state index in [0.29, 0.717) is 6.61 Å². The largest absolute Gasteiger partial charge is 0.497 e. The number of aliphatic hydroxyl groups excluding tert-OH is 1. The number of anilines is 1. The van der Waals surface area contributed by atoms with Crippen molar-refractivity contribution in [1.82, 2.24) is 0 Å². The summed E-state index contributed by atoms with van der Waals surface area (Å²) in [7, 11) is 1.68. The van der Waals surface area contributed by atoms with Crippen LogP contribution in [0.4, 0.5) is 5.69 Å². The van der Waals surface area contributed by atoms with Crippen molar-refractivity contribution >= 4 is 5.69 Å². The summed E-state index contributed by atoms with van der Waals surface area (Å²) in [5.41, 5.74) is 1.23. The molecule has 0 saturated carbocycles. The van der Waals surface area contributed by atoms with Crippen molar-refractivity contribution in [1.29, 1.82) is 0 Å². The second-order valence-electron chi connectivity index (χ2n) is 6.42. The second kappa shape index (κ2) is 8.74. The lowest BCUT2D eigenvalue weighted by Crippen LogP contribution is -3.16. The molecule has 0 radical (unpaired) electrons. The van der Waals surface area contributed by atoms with Gasteiger partial charge >= 0.3 is 0 Å². The maximum absolute atomic E-state index is 10.2. The van der Waals surface area contributed by atoms with Crippen molar-refractivity contribution in [2.24, 2.45) is 0 Å². The van der Waals surface area contributed by atoms with Gasteiger partial charge in [-0.05, 0) is 36.4 Å². The van der Waals surface area contributed by atoms with Crippen molar-refractivity contribution in [3.8, 4) is 11.5 Å². The van der Waals surface area contributed by atoms with Crippen LogP contribution in [-0.2, 0) is 0 Å². The number of hydrogen-bond acceptors (Lipinski definition) is 4. The van der Waals surface area contributed by atoms with Crippen molar-refractivity contribution in [3.63, 3.8) is 0 Å². The summed E-state index contributed by atoms with van der Waals surface area (Å²) in [6.07, 6.45) is -0.442. The standard InChI is InChI=1S/C20H26N2O3/c1-24-19-9-7-17(8-10-19)22-13-11-21(12-14-22)15-18(23)16-25-20-5-3-2-4-6-20/h2-10,18,23H,11-16H2,1H3/p+1/t18-/m1/s1. The lowest BCUT2D eigenvalue weighted by molar-refractivity contribution is -0.903. The normalized spacial score (nSPS) is 16.5. The SMILES string of the molecule is COc1ccc(N2CC[NH+](C[C@@H](O)COc3ccccc3)CC2)cc1. The fraction of sp³-hybridized carbons (Fsp3) is 0.400. The van der Waals surface area contributed by atoms with Gasteiger partial charge in [-0.1, -0.05) is 18.2 Å². The number of aliphatic hydroxyl groups is 1. The number of para-hydroxylation sites is 1. The molecule has 2 aromatic rings. The first kappa shape index (κ1) is 17.6. The Labute approximate surface area is 149 Å². The van der Waals surface area contributed by atoms with Gasteiger partial charge in [-0.25, -0.2) is 0 Å². The fourth-order valence-electron chi connectivity index (χ4n) is 3.18. The van der Waals surface area contributed by atoms with E-state index in [-0.39, 0.29) is 0 Å². The molecule has 1 heterocycles. The molecule has 1 aliphatic rings. The molecule has 2 aromatic carbocycles. The van der Waals surface area contributed by atoms with Gasteiger partial charge in [0.15, 0.2) is 0 Å². The molecule has 134 valence electrons. The lowest BCUT2D eigenvalue weighted by atomic mass is 10.2. The lowest BCUT2D eigenvalue weighted by Gasteiger charge is -2.34. The van der Waals surface area contributed by atoms with Crippen molar-refractivity contribution in [2.45, 2.75) is 6.10 Å². The van der Waals surface area contributed by atoms with Crippen LogP contribution in [0.2, 0.25) is 0 Å². The number of hydrogen-bond donors (Lipinski definition) is 2. The third kappa shape index (κ3) is 5.11. The summed E-state index contributed by atoms with van der Waals surface area (Å²) in [4.78, 5) is 3.81. The van der Waals surface area contributed by atoms with E-state index in [1.165, 1.54) is 10.6 Å². The molecule has 1 aliphatic heterocycles. The van der Waals surface area contributed by atoms with E-state index in [0.717, 1.165) is 44.2 Å². The Morgan fingerprint density at radius 1 is 1.00 bits per heavy atom. The first-order valence-electron chi connectivity index (χ1n) is 8.83. The number of nitrogens with zero attached hydrogens (tertiary/aromatic N) is 1. The van der Waals surface area contributed by atoms with Gasteiger partial charge in [0, 0.05) is 5.69 Å². The van der Waals surface area contributed by atoms with Gasteiger partial charge in [-0.15, -0.1) is 0 Å². The minimum absolute atomic E-state index is 0.343. The summed E-state index contributed by atoms with van der Waals surface area (Å²) in [5, 5.41) is 10.2. The molecule has 1 saturated heterocycles. The van der Waals surface area contributed by atoms with E-state index in [1.807, 2.05) is 42.5 Å². The van der Waals surface area contributed by atoms with E-state index >= 15 is 0 Å². The summed E-state index contributed by atoms with van der Waals surface area (Å²) in [6, 6.07) is 17.9. The van der Waals surface area contributed by atoms with Gasteiger partial charge in [0.05, 0.1) is 33.3 Å². The summed E-state index contributed by atoms with van der Waals surface area (Å²) in [6.45, 7) is 5.10. The fourth-order valence-corrected chi connectivity index (χ4v) is 3.18. The minimum Gasteiger partial charge on any atom is -0.497 e. The van der Waals surface area contributed by atoms with E-state index < -0.39 is 6.10 Å². The molecule has 0 aromatic heterocycles. The van der Waals surface area contributed by atoms with Crippen LogP contribution >= 0.6 is 0 Å². The highest BCUT2D eigenvalue weighted by Crippen LogP contribution is 2.19. The van der Waals surface area contributed by atoms with Gasteiger partial charge in [0.2, 0.25) is 0 Å². The first-order valence-corrected chi connectivity index (χ1v) is 8.83. The predicted octanol–water partition coefficient (Wildman–Crippen LogP) is 0.840. The topological polar surface area (TPSA) is 46.4 Å². The van der Waals surface area contributed by atoms with Crippen molar-refractivity contribution < 1.29 is 19.5 Å². The van der Waals surface area contributed by atoms with Crippen LogP contribution in [0.3, 0.4) is 0 Å². The van der Waals surface area contributed by atoms with Crippen molar-refractivity contribution in [2.75, 3.05) is 51.3 Å². The predicted molar refractivity (Wildman–Crippen MR) is 98.7 cm³/mol. The first-order chi connectivity index (χ1) is 12.2. The third-order valence-electron chi connectivity index (χ3n) is 4.62. The quantitative estimate of drug-likeness (QED) is 0.782. The molecule has 0 spiro atoms. The number of rotatable bonds is 7. The Kier molecular flexibility index (Phi) is 6.14. The van der Waals surface area contributed by atoms with Gasteiger partial charge < -0.3 is 24.4 Å². The molecule has 5 nitrogen and oxygen atoms in total. The molecule has 1 fully saturated rings. The summed E-state index contributed by atoms with van der Waals surface area (Å²) < 4.78 is 10.8. The van der Waals surface area contributed by atoms with Crippen LogP contribution in [-0.4, -0.2) is 57.7 Å². The average Bonchev–Trinajstić information content (AvgIpc) is 2.68. The minimum atomic E-state index is -0.442. The van der Waals surface area contributed by atoms with Gasteiger partial charge in [0.25, 0.3) is 0 Å². The Bertz CT molecular complexity index is 625. The average molecular weight is 343 g/mol. The van der Waals surface area contributed by atoms with Crippen molar-refractivity contribution in [3.05, 3.63) is 54.6 Å². The molecule has 0 aliphatic carbocycles. The van der Waals surface area contributed by atoms with Gasteiger partial charge in [0.1, 0.15) is 30.8 Å². The zero-order valence-electron chi connectivity index (χ0n) is 14.7. The molecule has 0 unspecified atom stereocenters. The number of piperazine rings is 1. The Morgan fingerprint density at radius 3 is 2.32 bits per heavy atom. The van der Waals surface area contributed by atoms with Gasteiger partial charge in [-0.3, -0.25) is 0 Å². The van der Waals surface area contributed by atoms with E-state index in [4.69, 9.17) is 9.47 Å². The highest BCUT2D eigenvalue weighted by atomic mass is 16.5. The number of nitrogens with one attached hydrogen (secondary N) is 1. The van der Waals surface area contributed by atoms with Crippen LogP contribution in [0.15, 0.2) is 54.6 Å². The Hall–Kier alpha value is -2.24. The van der Waals surface area contributed by atoms with E-state index in [9.17, 15) is 5.11 Å². The molecule has 5 heteroatoms. The highest BCUT2D eigenvalue weighted by molar-refractivity contribution is 5.49. The number of ether oxygens (including phenoxy) is 2. The third-order valence-corrected chi connectivity index (χ3v) is 4.62. The molecule has 3 rings (SSSR count). The Balaban J connectivity index is 1.41. The molecule has 2 N–H and O–H groups in total. The highest BCUT2D eigenvalue weighted by Gasteiger charge is 2.22. The van der Waals surface area contributed by atoms with Crippen LogP contribution in [0.5, 0.6) is 11.5 Å². The Morgan fingerprint density at radius 2 is 1.68 bits per heavy atom. The van der Waals surface area contributed by atoms with E-state index in [2.05, 4.69) is 17.0 Å². The molecular formula is C20H27N2O3+. The number of benzene rings is 2. The van der Waals surface area contributed by atoms with Crippen LogP contribution in [0.1, 0.15) is 0 Å². The molecule has 25 heavy (non-hydrogen) atoms. The maximum Gasteiger partial charge on any atom is 0.137 e. The monoisotopic (exact) mass is 343 g/mol. The molecule has 1 atom stereocenters. The van der Waals surface area contributed by atoms with Crippen LogP contribution < -0.4 is 19.3 Å². The zero-order chi connectivity index (χ0) is 17.5. The number of quaternary nitrogens is 1. The second-order valence-corrected chi connectivity index (χ2v) is 6.42. The van der Waals surface area contributed by atoms with Crippen LogP contribution in [0.25, 0.3) is 0 Å². The zero-order valence-corrected chi connectivity index (χ0v) is 14.7. The molecule has 0 amide bonds. The number of methoxy groups -OCH3 is 1. The molecule has 0 bridgehead atoms. The molecular weight excluding hydrogens is 316 g/mol. The summed E-state index contributed by atoms with van der Waals surface area (Å²) >= 11 is 0. The smallest absolute Gasteiger partial charge is 0.137 e. The van der Waals surface area contributed by atoms with Crippen LogP contribution in [0, 0.1) is 0 Å². The van der Waals surface area contributed by atoms with E-state index in [1.54, 1.807) is 7.11 Å². The van der Waals surface area contributed by atoms with Gasteiger partial charge in [-0.2, -0.15) is 0 Å². The summed E-state index contributed by atoms with van der Waals surface area (Å²) in [5.74, 6) is 1.69. The maximum atomic E-state index is 10.2.